The summed E-state index contributed by atoms with van der Waals surface area (Å²) in [6, 6.07) is 9.05. The molecule has 0 aliphatic rings. The van der Waals surface area contributed by atoms with E-state index in [1.165, 1.54) is 24.3 Å². The zero-order chi connectivity index (χ0) is 27.3. The van der Waals surface area contributed by atoms with Gasteiger partial charge in [0.25, 0.3) is 0 Å². The van der Waals surface area contributed by atoms with Crippen molar-refractivity contribution in [1.82, 2.24) is 0 Å². The zero-order valence-electron chi connectivity index (χ0n) is 19.6. The summed E-state index contributed by atoms with van der Waals surface area (Å²) in [5.41, 5.74) is -1.34. The number of benzene rings is 3. The number of alkyl halides is 3. The SMILES string of the molecule is C#CC(OC(=O)C(Nc1ccc(C(F)(F)F)cc1F)C(C)C)c1ccc(F)c(Oc2ccc(F)cc2)c1. The number of rotatable bonds is 8. The molecule has 2 unspecified atom stereocenters. The van der Waals surface area contributed by atoms with E-state index in [1.807, 2.05) is 0 Å². The number of halogens is 6. The highest BCUT2D eigenvalue weighted by Gasteiger charge is 2.32. The average molecular weight is 521 g/mol. The van der Waals surface area contributed by atoms with Gasteiger partial charge in [0.05, 0.1) is 11.3 Å². The van der Waals surface area contributed by atoms with E-state index in [1.54, 1.807) is 13.8 Å². The molecule has 0 aliphatic carbocycles. The highest BCUT2D eigenvalue weighted by Crippen LogP contribution is 2.32. The van der Waals surface area contributed by atoms with E-state index in [4.69, 9.17) is 15.9 Å². The van der Waals surface area contributed by atoms with E-state index < -0.39 is 53.2 Å². The second kappa shape index (κ2) is 11.3. The van der Waals surface area contributed by atoms with E-state index >= 15 is 0 Å². The number of nitrogens with one attached hydrogen (secondary N) is 1. The predicted octanol–water partition coefficient (Wildman–Crippen LogP) is 7.27. The molecule has 0 saturated carbocycles. The van der Waals surface area contributed by atoms with Crippen LogP contribution in [0.1, 0.15) is 31.1 Å². The molecule has 0 amide bonds. The summed E-state index contributed by atoms with van der Waals surface area (Å²) in [6.45, 7) is 3.22. The van der Waals surface area contributed by atoms with E-state index in [9.17, 15) is 31.1 Å². The lowest BCUT2D eigenvalue weighted by molar-refractivity contribution is -0.148. The fourth-order valence-corrected chi connectivity index (χ4v) is 3.25. The predicted molar refractivity (Wildman–Crippen MR) is 124 cm³/mol. The van der Waals surface area contributed by atoms with Crippen LogP contribution in [-0.4, -0.2) is 12.0 Å². The molecule has 10 heteroatoms. The van der Waals surface area contributed by atoms with E-state index in [2.05, 4.69) is 11.2 Å². The Morgan fingerprint density at radius 2 is 1.62 bits per heavy atom. The third kappa shape index (κ3) is 6.97. The molecule has 0 spiro atoms. The van der Waals surface area contributed by atoms with Gasteiger partial charge in [-0.15, -0.1) is 6.42 Å². The minimum atomic E-state index is -4.73. The van der Waals surface area contributed by atoms with Crippen molar-refractivity contribution in [3.05, 3.63) is 89.2 Å². The minimum absolute atomic E-state index is 0.148. The van der Waals surface area contributed by atoms with Gasteiger partial charge in [-0.1, -0.05) is 25.8 Å². The van der Waals surface area contributed by atoms with Crippen molar-refractivity contribution in [2.45, 2.75) is 32.2 Å². The van der Waals surface area contributed by atoms with E-state index in [0.29, 0.717) is 12.1 Å². The molecule has 194 valence electrons. The number of anilines is 1. The van der Waals surface area contributed by atoms with Gasteiger partial charge >= 0.3 is 12.1 Å². The van der Waals surface area contributed by atoms with Crippen LogP contribution in [0.5, 0.6) is 11.5 Å². The fourth-order valence-electron chi connectivity index (χ4n) is 3.25. The standard InChI is InChI=1S/C27H21F6NO3/c1-4-23(16-5-11-20(29)24(13-16)36-19-9-7-18(28)8-10-19)37-26(35)25(15(2)3)34-22-12-6-17(14-21(22)30)27(31,32)33/h1,5-15,23,25,34H,2-3H3. The van der Waals surface area contributed by atoms with Gasteiger partial charge in [0.1, 0.15) is 23.4 Å². The van der Waals surface area contributed by atoms with Crippen LogP contribution in [0.2, 0.25) is 0 Å². The molecule has 0 aliphatic heterocycles. The van der Waals surface area contributed by atoms with Gasteiger partial charge in [-0.2, -0.15) is 13.2 Å². The smallest absolute Gasteiger partial charge is 0.416 e. The molecule has 0 aromatic heterocycles. The van der Waals surface area contributed by atoms with Gasteiger partial charge in [0, 0.05) is 5.56 Å². The third-order valence-corrected chi connectivity index (χ3v) is 5.21. The average Bonchev–Trinajstić information content (AvgIpc) is 2.83. The van der Waals surface area contributed by atoms with Crippen LogP contribution in [0, 0.1) is 35.7 Å². The van der Waals surface area contributed by atoms with Crippen molar-refractivity contribution >= 4 is 11.7 Å². The summed E-state index contributed by atoms with van der Waals surface area (Å²) in [5, 5.41) is 2.56. The van der Waals surface area contributed by atoms with Crippen LogP contribution in [0.3, 0.4) is 0 Å². The molecular weight excluding hydrogens is 500 g/mol. The molecule has 0 bridgehead atoms. The molecular formula is C27H21F6NO3. The molecule has 3 aromatic rings. The second-order valence-corrected chi connectivity index (χ2v) is 8.29. The Balaban J connectivity index is 1.79. The van der Waals surface area contributed by atoms with Gasteiger partial charge in [0.2, 0.25) is 0 Å². The maximum absolute atomic E-state index is 14.3. The monoisotopic (exact) mass is 521 g/mol. The fraction of sp³-hybridized carbons (Fsp3) is 0.222. The molecule has 3 rings (SSSR count). The number of esters is 1. The maximum Gasteiger partial charge on any atom is 0.416 e. The van der Waals surface area contributed by atoms with Crippen molar-refractivity contribution < 1.29 is 40.6 Å². The van der Waals surface area contributed by atoms with Crippen LogP contribution in [-0.2, 0) is 15.7 Å². The summed E-state index contributed by atoms with van der Waals surface area (Å²) in [6.07, 6.45) is -0.503. The lowest BCUT2D eigenvalue weighted by atomic mass is 10.0. The zero-order valence-corrected chi connectivity index (χ0v) is 19.6. The topological polar surface area (TPSA) is 47.6 Å². The molecule has 0 saturated heterocycles. The summed E-state index contributed by atoms with van der Waals surface area (Å²) >= 11 is 0. The van der Waals surface area contributed by atoms with Crippen LogP contribution in [0.4, 0.5) is 32.0 Å². The summed E-state index contributed by atoms with van der Waals surface area (Å²) in [5.74, 6) is -1.72. The normalized spacial score (nSPS) is 13.0. The van der Waals surface area contributed by atoms with Gasteiger partial charge in [-0.25, -0.2) is 18.0 Å². The van der Waals surface area contributed by atoms with Crippen molar-refractivity contribution in [3.8, 4) is 23.8 Å². The van der Waals surface area contributed by atoms with Crippen molar-refractivity contribution in [2.75, 3.05) is 5.32 Å². The van der Waals surface area contributed by atoms with Crippen molar-refractivity contribution in [3.63, 3.8) is 0 Å². The first-order valence-corrected chi connectivity index (χ1v) is 10.9. The number of carbonyl (C=O) groups is 1. The number of hydrogen-bond donors (Lipinski definition) is 1. The molecule has 0 heterocycles. The van der Waals surface area contributed by atoms with Gasteiger partial charge in [-0.3, -0.25) is 0 Å². The van der Waals surface area contributed by atoms with E-state index in [0.717, 1.165) is 24.3 Å². The Morgan fingerprint density at radius 1 is 0.946 bits per heavy atom. The van der Waals surface area contributed by atoms with Crippen molar-refractivity contribution in [1.29, 1.82) is 0 Å². The Bertz CT molecular complexity index is 1300. The summed E-state index contributed by atoms with van der Waals surface area (Å²) in [7, 11) is 0. The molecule has 0 fully saturated rings. The summed E-state index contributed by atoms with van der Waals surface area (Å²) in [4.78, 5) is 12.9. The quantitative estimate of drug-likeness (QED) is 0.192. The highest BCUT2D eigenvalue weighted by atomic mass is 19.4. The Labute approximate surface area is 209 Å². The van der Waals surface area contributed by atoms with Crippen molar-refractivity contribution in [2.24, 2.45) is 5.92 Å². The number of carbonyl (C=O) groups excluding carboxylic acids is 1. The first-order valence-electron chi connectivity index (χ1n) is 10.9. The van der Waals surface area contributed by atoms with Gasteiger partial charge < -0.3 is 14.8 Å². The molecule has 4 nitrogen and oxygen atoms in total. The lowest BCUT2D eigenvalue weighted by Crippen LogP contribution is -2.37. The third-order valence-electron chi connectivity index (χ3n) is 5.21. The second-order valence-electron chi connectivity index (χ2n) is 8.29. The first kappa shape index (κ1) is 27.5. The Kier molecular flexibility index (Phi) is 8.38. The summed E-state index contributed by atoms with van der Waals surface area (Å²) < 4.78 is 91.1. The molecule has 37 heavy (non-hydrogen) atoms. The minimum Gasteiger partial charge on any atom is -0.454 e. The largest absolute Gasteiger partial charge is 0.454 e. The van der Waals surface area contributed by atoms with Gasteiger partial charge in [0.15, 0.2) is 17.7 Å². The van der Waals surface area contributed by atoms with Crippen LogP contribution in [0.25, 0.3) is 0 Å². The molecule has 3 aromatic carbocycles. The Morgan fingerprint density at radius 3 is 2.19 bits per heavy atom. The van der Waals surface area contributed by atoms with Crippen LogP contribution in [0.15, 0.2) is 60.7 Å². The maximum atomic E-state index is 14.3. The van der Waals surface area contributed by atoms with Crippen LogP contribution < -0.4 is 10.1 Å². The molecule has 1 N–H and O–H groups in total. The highest BCUT2D eigenvalue weighted by molar-refractivity contribution is 5.80. The first-order chi connectivity index (χ1) is 17.4. The number of terminal acetylenes is 1. The van der Waals surface area contributed by atoms with E-state index in [-0.39, 0.29) is 22.7 Å². The number of ether oxygens (including phenoxy) is 2. The van der Waals surface area contributed by atoms with Gasteiger partial charge in [-0.05, 0) is 60.5 Å². The lowest BCUT2D eigenvalue weighted by Gasteiger charge is -2.24. The molecule has 0 radical (unpaired) electrons. The molecule has 2 atom stereocenters. The Hall–Kier alpha value is -4.13. The number of hydrogen-bond acceptors (Lipinski definition) is 4. The van der Waals surface area contributed by atoms with Crippen LogP contribution >= 0.6 is 0 Å².